The molecule has 0 bridgehead atoms. The molecule has 1 fully saturated rings. The molecule has 1 aliphatic heterocycles. The molecule has 1 aromatic rings. The van der Waals surface area contributed by atoms with Gasteiger partial charge in [0.15, 0.2) is 0 Å². The van der Waals surface area contributed by atoms with Crippen LogP contribution in [-0.2, 0) is 11.3 Å². The molecular formula is C16H26N4O. The molecule has 0 spiro atoms. The summed E-state index contributed by atoms with van der Waals surface area (Å²) >= 11 is 0. The van der Waals surface area contributed by atoms with E-state index in [1.165, 1.54) is 19.3 Å². The van der Waals surface area contributed by atoms with E-state index >= 15 is 0 Å². The summed E-state index contributed by atoms with van der Waals surface area (Å²) in [7, 11) is 0. The summed E-state index contributed by atoms with van der Waals surface area (Å²) in [5, 5.41) is 2.94. The first-order chi connectivity index (χ1) is 10.2. The zero-order valence-corrected chi connectivity index (χ0v) is 13.2. The molecule has 116 valence electrons. The molecule has 2 rings (SSSR count). The Morgan fingerprint density at radius 2 is 2.05 bits per heavy atom. The summed E-state index contributed by atoms with van der Waals surface area (Å²) in [6.45, 7) is 6.63. The number of rotatable bonds is 6. The van der Waals surface area contributed by atoms with Crippen molar-refractivity contribution in [2.24, 2.45) is 0 Å². The molecule has 0 aromatic carbocycles. The van der Waals surface area contributed by atoms with Crippen molar-refractivity contribution in [3.8, 4) is 0 Å². The van der Waals surface area contributed by atoms with Gasteiger partial charge in [-0.1, -0.05) is 13.3 Å². The molecule has 0 radical (unpaired) electrons. The summed E-state index contributed by atoms with van der Waals surface area (Å²) in [5.74, 6) is 0.917. The quantitative estimate of drug-likeness (QED) is 0.875. The number of hydrogen-bond donors (Lipinski definition) is 1. The van der Waals surface area contributed by atoms with Crippen LogP contribution in [0.3, 0.4) is 0 Å². The molecule has 21 heavy (non-hydrogen) atoms. The van der Waals surface area contributed by atoms with Crippen LogP contribution < -0.4 is 10.2 Å². The van der Waals surface area contributed by atoms with E-state index in [1.54, 1.807) is 0 Å². The Morgan fingerprint density at radius 3 is 2.76 bits per heavy atom. The largest absolute Gasteiger partial charge is 0.350 e. The predicted octanol–water partition coefficient (Wildman–Crippen LogP) is 2.58. The van der Waals surface area contributed by atoms with Crippen molar-refractivity contribution >= 4 is 11.9 Å². The number of piperidine rings is 1. The Labute approximate surface area is 127 Å². The van der Waals surface area contributed by atoms with Gasteiger partial charge in [0.05, 0.1) is 12.2 Å². The molecule has 1 aromatic heterocycles. The molecule has 1 N–H and O–H groups in total. The van der Waals surface area contributed by atoms with Crippen molar-refractivity contribution in [1.82, 2.24) is 15.3 Å². The third-order valence-electron chi connectivity index (χ3n) is 3.76. The Morgan fingerprint density at radius 1 is 1.29 bits per heavy atom. The summed E-state index contributed by atoms with van der Waals surface area (Å²) in [4.78, 5) is 23.1. The van der Waals surface area contributed by atoms with Gasteiger partial charge in [-0.2, -0.15) is 0 Å². The van der Waals surface area contributed by atoms with E-state index in [4.69, 9.17) is 0 Å². The monoisotopic (exact) mass is 290 g/mol. The van der Waals surface area contributed by atoms with Gasteiger partial charge in [-0.15, -0.1) is 0 Å². The normalized spacial score (nSPS) is 15.0. The van der Waals surface area contributed by atoms with Gasteiger partial charge in [0.2, 0.25) is 11.9 Å². The molecule has 0 aliphatic carbocycles. The summed E-state index contributed by atoms with van der Waals surface area (Å²) in [5.41, 5.74) is 1.86. The van der Waals surface area contributed by atoms with Crippen LogP contribution >= 0.6 is 0 Å². The number of aromatic nitrogens is 2. The van der Waals surface area contributed by atoms with Crippen LogP contribution in [0.2, 0.25) is 0 Å². The van der Waals surface area contributed by atoms with Crippen molar-refractivity contribution < 1.29 is 4.79 Å². The van der Waals surface area contributed by atoms with Crippen LogP contribution in [0.5, 0.6) is 0 Å². The van der Waals surface area contributed by atoms with Crippen LogP contribution in [0.4, 0.5) is 5.95 Å². The highest BCUT2D eigenvalue weighted by Gasteiger charge is 2.14. The first-order valence-electron chi connectivity index (χ1n) is 8.05. The maximum atomic E-state index is 11.7. The lowest BCUT2D eigenvalue weighted by Gasteiger charge is -2.27. The highest BCUT2D eigenvalue weighted by atomic mass is 16.1. The fourth-order valence-electron chi connectivity index (χ4n) is 2.56. The first-order valence-corrected chi connectivity index (χ1v) is 8.05. The number of unbranched alkanes of at least 4 members (excludes halogenated alkanes) is 1. The Kier molecular flexibility index (Phi) is 5.96. The molecule has 1 saturated heterocycles. The van der Waals surface area contributed by atoms with Crippen molar-refractivity contribution in [2.45, 2.75) is 58.9 Å². The van der Waals surface area contributed by atoms with Crippen LogP contribution in [0.25, 0.3) is 0 Å². The number of hydrogen-bond acceptors (Lipinski definition) is 4. The average Bonchev–Trinajstić information content (AvgIpc) is 2.51. The zero-order chi connectivity index (χ0) is 15.1. The predicted molar refractivity (Wildman–Crippen MR) is 84.2 cm³/mol. The minimum atomic E-state index is 0.104. The highest BCUT2D eigenvalue weighted by Crippen LogP contribution is 2.16. The molecule has 0 saturated carbocycles. The second-order valence-electron chi connectivity index (χ2n) is 5.73. The summed E-state index contributed by atoms with van der Waals surface area (Å²) < 4.78 is 0. The van der Waals surface area contributed by atoms with Crippen LogP contribution in [-0.4, -0.2) is 29.0 Å². The van der Waals surface area contributed by atoms with Crippen molar-refractivity contribution in [1.29, 1.82) is 0 Å². The molecule has 2 heterocycles. The number of nitrogens with zero attached hydrogens (tertiary/aromatic N) is 3. The van der Waals surface area contributed by atoms with E-state index in [0.717, 1.165) is 43.3 Å². The third kappa shape index (κ3) is 4.99. The number of amides is 1. The summed E-state index contributed by atoms with van der Waals surface area (Å²) in [6.07, 6.45) is 6.29. The smallest absolute Gasteiger partial charge is 0.225 e. The molecule has 0 atom stereocenters. The average molecular weight is 290 g/mol. The standard InChI is InChI=1S/C16H26N4O/c1-3-4-8-15(21)17-12-14-11-13(2)18-16(19-14)20-9-6-5-7-10-20/h11H,3-10,12H2,1-2H3,(H,17,21). The molecule has 1 amide bonds. The van der Waals surface area contributed by atoms with Crippen molar-refractivity contribution in [3.63, 3.8) is 0 Å². The highest BCUT2D eigenvalue weighted by molar-refractivity contribution is 5.75. The lowest BCUT2D eigenvalue weighted by atomic mass is 10.1. The lowest BCUT2D eigenvalue weighted by molar-refractivity contribution is -0.121. The molecule has 5 heteroatoms. The van der Waals surface area contributed by atoms with Gasteiger partial charge >= 0.3 is 0 Å². The zero-order valence-electron chi connectivity index (χ0n) is 13.2. The Balaban J connectivity index is 1.96. The number of aryl methyl sites for hydroxylation is 1. The summed E-state index contributed by atoms with van der Waals surface area (Å²) in [6, 6.07) is 1.95. The van der Waals surface area contributed by atoms with Gasteiger partial charge in [-0.25, -0.2) is 9.97 Å². The number of anilines is 1. The number of nitrogens with one attached hydrogen (secondary N) is 1. The van der Waals surface area contributed by atoms with E-state index in [-0.39, 0.29) is 5.91 Å². The second-order valence-corrected chi connectivity index (χ2v) is 5.73. The molecule has 1 aliphatic rings. The lowest BCUT2D eigenvalue weighted by Crippen LogP contribution is -2.31. The molecule has 0 unspecified atom stereocenters. The van der Waals surface area contributed by atoms with Gasteiger partial charge in [-0.3, -0.25) is 4.79 Å². The third-order valence-corrected chi connectivity index (χ3v) is 3.76. The second kappa shape index (κ2) is 7.96. The SMILES string of the molecule is CCCCC(=O)NCc1cc(C)nc(N2CCCCC2)n1. The maximum Gasteiger partial charge on any atom is 0.225 e. The first kappa shape index (κ1) is 15.7. The fraction of sp³-hybridized carbons (Fsp3) is 0.688. The fourth-order valence-corrected chi connectivity index (χ4v) is 2.56. The minimum absolute atomic E-state index is 0.104. The van der Waals surface area contributed by atoms with E-state index in [2.05, 4.69) is 27.1 Å². The van der Waals surface area contributed by atoms with E-state index in [1.807, 2.05) is 13.0 Å². The van der Waals surface area contributed by atoms with Crippen molar-refractivity contribution in [2.75, 3.05) is 18.0 Å². The Bertz CT molecular complexity index is 469. The van der Waals surface area contributed by atoms with Gasteiger partial charge in [-0.05, 0) is 38.7 Å². The van der Waals surface area contributed by atoms with Crippen LogP contribution in [0, 0.1) is 6.92 Å². The maximum absolute atomic E-state index is 11.7. The van der Waals surface area contributed by atoms with E-state index in [0.29, 0.717) is 13.0 Å². The molecular weight excluding hydrogens is 264 g/mol. The van der Waals surface area contributed by atoms with E-state index < -0.39 is 0 Å². The van der Waals surface area contributed by atoms with Crippen LogP contribution in [0.1, 0.15) is 56.8 Å². The Hall–Kier alpha value is -1.65. The van der Waals surface area contributed by atoms with Crippen molar-refractivity contribution in [3.05, 3.63) is 17.5 Å². The van der Waals surface area contributed by atoms with Gasteiger partial charge < -0.3 is 10.2 Å². The minimum Gasteiger partial charge on any atom is -0.350 e. The van der Waals surface area contributed by atoms with Gasteiger partial charge in [0.1, 0.15) is 0 Å². The number of carbonyl (C=O) groups is 1. The topological polar surface area (TPSA) is 58.1 Å². The van der Waals surface area contributed by atoms with Crippen LogP contribution in [0.15, 0.2) is 6.07 Å². The number of carbonyl (C=O) groups excluding carboxylic acids is 1. The van der Waals surface area contributed by atoms with E-state index in [9.17, 15) is 4.79 Å². The van der Waals surface area contributed by atoms with Gasteiger partial charge in [0.25, 0.3) is 0 Å². The molecule has 5 nitrogen and oxygen atoms in total. The van der Waals surface area contributed by atoms with Gasteiger partial charge in [0, 0.05) is 25.2 Å².